The number of rotatable bonds is 4. The van der Waals surface area contributed by atoms with Crippen molar-refractivity contribution in [1.29, 1.82) is 0 Å². The molecule has 0 aliphatic heterocycles. The van der Waals surface area contributed by atoms with E-state index < -0.39 is 0 Å². The van der Waals surface area contributed by atoms with E-state index in [-0.39, 0.29) is 5.41 Å². The molecule has 1 aromatic heterocycles. The molecule has 1 heterocycles. The third kappa shape index (κ3) is 3.39. The highest BCUT2D eigenvalue weighted by molar-refractivity contribution is 5.86. The molecule has 0 amide bonds. The third-order valence-electron chi connectivity index (χ3n) is 6.12. The van der Waals surface area contributed by atoms with Gasteiger partial charge in [0.05, 0.1) is 14.2 Å². The lowest BCUT2D eigenvalue weighted by Crippen LogP contribution is -2.12. The molecule has 0 saturated heterocycles. The van der Waals surface area contributed by atoms with Gasteiger partial charge in [0.2, 0.25) is 0 Å². The fraction of sp³-hybridized carbons (Fsp3) is 0.440. The molecule has 0 bridgehead atoms. The minimum absolute atomic E-state index is 0.173. The average Bonchev–Trinajstić information content (AvgIpc) is 3.06. The van der Waals surface area contributed by atoms with Crippen LogP contribution in [0, 0.1) is 0 Å². The molecule has 148 valence electrons. The molecule has 1 unspecified atom stereocenters. The lowest BCUT2D eigenvalue weighted by atomic mass is 9.82. The first-order valence-electron chi connectivity index (χ1n) is 10.3. The zero-order valence-corrected chi connectivity index (χ0v) is 17.7. The molecular formula is C25H31NO2. The van der Waals surface area contributed by atoms with Crippen molar-refractivity contribution in [3.05, 3.63) is 58.8 Å². The van der Waals surface area contributed by atoms with Crippen molar-refractivity contribution in [2.75, 3.05) is 14.2 Å². The molecule has 4 rings (SSSR count). The predicted octanol–water partition coefficient (Wildman–Crippen LogP) is 6.15. The summed E-state index contributed by atoms with van der Waals surface area (Å²) < 4.78 is 10.9. The number of ether oxygens (including phenoxy) is 2. The molecule has 0 saturated carbocycles. The maximum Gasteiger partial charge on any atom is 0.160 e. The molecule has 1 aliphatic rings. The van der Waals surface area contributed by atoms with Crippen molar-refractivity contribution in [3.63, 3.8) is 0 Å². The van der Waals surface area contributed by atoms with Gasteiger partial charge < -0.3 is 14.5 Å². The van der Waals surface area contributed by atoms with Gasteiger partial charge in [-0.2, -0.15) is 0 Å². The lowest BCUT2D eigenvalue weighted by molar-refractivity contribution is 0.354. The van der Waals surface area contributed by atoms with E-state index in [0.717, 1.165) is 17.9 Å². The molecule has 0 fully saturated rings. The summed E-state index contributed by atoms with van der Waals surface area (Å²) in [6.45, 7) is 6.85. The standard InChI is InChI=1S/C25H31NO2/c1-25(2,3)18-10-11-21-20(15-18)19-8-6-7-17(24(19)26-21)13-16-9-12-22(27-4)23(14-16)28-5/h9-12,14-15,17,26H,6-8,13H2,1-5H3. The Labute approximate surface area is 168 Å². The van der Waals surface area contributed by atoms with Gasteiger partial charge in [0, 0.05) is 22.5 Å². The largest absolute Gasteiger partial charge is 0.493 e. The van der Waals surface area contributed by atoms with Crippen LogP contribution in [0.5, 0.6) is 11.5 Å². The summed E-state index contributed by atoms with van der Waals surface area (Å²) in [6, 6.07) is 13.2. The van der Waals surface area contributed by atoms with E-state index in [1.54, 1.807) is 14.2 Å². The number of methoxy groups -OCH3 is 2. The summed E-state index contributed by atoms with van der Waals surface area (Å²) in [4.78, 5) is 3.76. The summed E-state index contributed by atoms with van der Waals surface area (Å²) >= 11 is 0. The Hall–Kier alpha value is -2.42. The molecule has 3 nitrogen and oxygen atoms in total. The van der Waals surface area contributed by atoms with Gasteiger partial charge in [-0.25, -0.2) is 0 Å². The minimum Gasteiger partial charge on any atom is -0.493 e. The highest BCUT2D eigenvalue weighted by Crippen LogP contribution is 2.40. The molecular weight excluding hydrogens is 346 g/mol. The molecule has 1 atom stereocenters. The average molecular weight is 378 g/mol. The Kier molecular flexibility index (Phi) is 4.86. The van der Waals surface area contributed by atoms with Crippen LogP contribution in [-0.4, -0.2) is 19.2 Å². The molecule has 0 spiro atoms. The van der Waals surface area contributed by atoms with E-state index in [9.17, 15) is 0 Å². The molecule has 1 aliphatic carbocycles. The Morgan fingerprint density at radius 3 is 2.50 bits per heavy atom. The number of hydrogen-bond acceptors (Lipinski definition) is 2. The second-order valence-corrected chi connectivity index (χ2v) is 9.01. The zero-order valence-electron chi connectivity index (χ0n) is 17.7. The summed E-state index contributed by atoms with van der Waals surface area (Å²) in [5, 5.41) is 1.42. The number of nitrogens with one attached hydrogen (secondary N) is 1. The van der Waals surface area contributed by atoms with Crippen molar-refractivity contribution in [2.24, 2.45) is 0 Å². The van der Waals surface area contributed by atoms with E-state index in [4.69, 9.17) is 9.47 Å². The maximum atomic E-state index is 5.50. The van der Waals surface area contributed by atoms with Crippen LogP contribution in [0.3, 0.4) is 0 Å². The van der Waals surface area contributed by atoms with Crippen molar-refractivity contribution in [2.45, 2.75) is 57.8 Å². The Morgan fingerprint density at radius 2 is 1.79 bits per heavy atom. The first kappa shape index (κ1) is 18.9. The van der Waals surface area contributed by atoms with Crippen molar-refractivity contribution in [3.8, 4) is 11.5 Å². The molecule has 1 N–H and O–H groups in total. The zero-order chi connectivity index (χ0) is 19.9. The topological polar surface area (TPSA) is 34.2 Å². The number of aryl methyl sites for hydroxylation is 1. The SMILES string of the molecule is COc1ccc(CC2CCCc3c2[nH]c2ccc(C(C)(C)C)cc32)cc1OC. The number of H-pyrrole nitrogens is 1. The van der Waals surface area contributed by atoms with Crippen LogP contribution in [0.25, 0.3) is 10.9 Å². The first-order chi connectivity index (χ1) is 13.4. The molecule has 3 aromatic rings. The van der Waals surface area contributed by atoms with Gasteiger partial charge in [-0.3, -0.25) is 0 Å². The van der Waals surface area contributed by atoms with Crippen LogP contribution in [0.15, 0.2) is 36.4 Å². The van der Waals surface area contributed by atoms with Gasteiger partial charge in [-0.15, -0.1) is 0 Å². The normalized spacial score (nSPS) is 16.8. The Balaban J connectivity index is 1.69. The van der Waals surface area contributed by atoms with Crippen LogP contribution in [0.1, 0.15) is 61.9 Å². The highest BCUT2D eigenvalue weighted by Gasteiger charge is 2.26. The van der Waals surface area contributed by atoms with E-state index >= 15 is 0 Å². The molecule has 2 aromatic carbocycles. The Bertz CT molecular complexity index is 994. The van der Waals surface area contributed by atoms with Crippen molar-refractivity contribution < 1.29 is 9.47 Å². The fourth-order valence-electron chi connectivity index (χ4n) is 4.52. The summed E-state index contributed by atoms with van der Waals surface area (Å²) in [5.41, 5.74) is 7.11. The maximum absolute atomic E-state index is 5.50. The smallest absolute Gasteiger partial charge is 0.160 e. The van der Waals surface area contributed by atoms with Crippen LogP contribution in [0.2, 0.25) is 0 Å². The Morgan fingerprint density at radius 1 is 1.00 bits per heavy atom. The summed E-state index contributed by atoms with van der Waals surface area (Å²) in [5.74, 6) is 2.12. The molecule has 0 radical (unpaired) electrons. The summed E-state index contributed by atoms with van der Waals surface area (Å²) in [7, 11) is 3.38. The fourth-order valence-corrected chi connectivity index (χ4v) is 4.52. The quantitative estimate of drug-likeness (QED) is 0.592. The van der Waals surface area contributed by atoms with E-state index in [1.807, 2.05) is 6.07 Å². The minimum atomic E-state index is 0.173. The highest BCUT2D eigenvalue weighted by atomic mass is 16.5. The van der Waals surface area contributed by atoms with E-state index in [1.165, 1.54) is 52.5 Å². The van der Waals surface area contributed by atoms with Gasteiger partial charge in [0.1, 0.15) is 0 Å². The van der Waals surface area contributed by atoms with E-state index in [2.05, 4.69) is 56.1 Å². The van der Waals surface area contributed by atoms with Gasteiger partial charge in [0.25, 0.3) is 0 Å². The van der Waals surface area contributed by atoms with Crippen molar-refractivity contribution in [1.82, 2.24) is 4.98 Å². The summed E-state index contributed by atoms with van der Waals surface area (Å²) in [6.07, 6.45) is 4.66. The lowest BCUT2D eigenvalue weighted by Gasteiger charge is -2.23. The molecule has 3 heteroatoms. The van der Waals surface area contributed by atoms with Gasteiger partial charge in [-0.05, 0) is 72.1 Å². The number of fused-ring (bicyclic) bond motifs is 3. The first-order valence-corrected chi connectivity index (χ1v) is 10.3. The van der Waals surface area contributed by atoms with Crippen LogP contribution in [0.4, 0.5) is 0 Å². The second kappa shape index (κ2) is 7.20. The predicted molar refractivity (Wildman–Crippen MR) is 116 cm³/mol. The van der Waals surface area contributed by atoms with Gasteiger partial charge in [0.15, 0.2) is 11.5 Å². The number of benzene rings is 2. The number of hydrogen-bond donors (Lipinski definition) is 1. The van der Waals surface area contributed by atoms with Crippen LogP contribution < -0.4 is 9.47 Å². The van der Waals surface area contributed by atoms with Crippen LogP contribution in [-0.2, 0) is 18.3 Å². The van der Waals surface area contributed by atoms with Crippen molar-refractivity contribution >= 4 is 10.9 Å². The van der Waals surface area contributed by atoms with Gasteiger partial charge in [-0.1, -0.05) is 32.9 Å². The third-order valence-corrected chi connectivity index (χ3v) is 6.12. The number of aromatic amines is 1. The second-order valence-electron chi connectivity index (χ2n) is 9.01. The monoisotopic (exact) mass is 377 g/mol. The van der Waals surface area contributed by atoms with E-state index in [0.29, 0.717) is 5.92 Å². The molecule has 28 heavy (non-hydrogen) atoms. The van der Waals surface area contributed by atoms with Crippen LogP contribution >= 0.6 is 0 Å². The van der Waals surface area contributed by atoms with Gasteiger partial charge >= 0.3 is 0 Å². The number of aromatic nitrogens is 1.